The van der Waals surface area contributed by atoms with Gasteiger partial charge in [-0.25, -0.2) is 0 Å². The molecular weight excluding hydrogens is 220 g/mol. The Bertz CT molecular complexity index is 375. The third kappa shape index (κ3) is 2.41. The van der Waals surface area contributed by atoms with E-state index < -0.39 is 0 Å². The topological polar surface area (TPSA) is 9.23 Å². The van der Waals surface area contributed by atoms with E-state index in [0.29, 0.717) is 6.10 Å². The van der Waals surface area contributed by atoms with Gasteiger partial charge in [0, 0.05) is 0 Å². The second-order valence-electron chi connectivity index (χ2n) is 4.82. The lowest BCUT2D eigenvalue weighted by molar-refractivity contribution is 0.0532. The molecular formula is C14H19ClO. The molecule has 1 aromatic carbocycles. The Morgan fingerprint density at radius 1 is 1.31 bits per heavy atom. The molecule has 0 saturated carbocycles. The summed E-state index contributed by atoms with van der Waals surface area (Å²) in [6.45, 7) is 6.33. The second-order valence-corrected chi connectivity index (χ2v) is 5.29. The summed E-state index contributed by atoms with van der Waals surface area (Å²) >= 11 is 6.53. The van der Waals surface area contributed by atoms with E-state index in [1.807, 2.05) is 0 Å². The number of ether oxygens (including phenoxy) is 1. The van der Waals surface area contributed by atoms with Gasteiger partial charge in [0.15, 0.2) is 0 Å². The molecule has 16 heavy (non-hydrogen) atoms. The third-order valence-corrected chi connectivity index (χ3v) is 3.84. The number of benzene rings is 1. The van der Waals surface area contributed by atoms with Crippen molar-refractivity contribution in [3.8, 4) is 0 Å². The molecule has 0 aliphatic carbocycles. The van der Waals surface area contributed by atoms with Crippen LogP contribution in [-0.4, -0.2) is 12.2 Å². The van der Waals surface area contributed by atoms with Gasteiger partial charge >= 0.3 is 0 Å². The predicted molar refractivity (Wildman–Crippen MR) is 68.1 cm³/mol. The van der Waals surface area contributed by atoms with Gasteiger partial charge in [0.1, 0.15) is 0 Å². The molecule has 88 valence electrons. The molecule has 1 aromatic rings. The molecule has 2 heteroatoms. The first-order valence-electron chi connectivity index (χ1n) is 5.94. The molecule has 0 N–H and O–H groups in total. The number of hydrogen-bond donors (Lipinski definition) is 0. The van der Waals surface area contributed by atoms with E-state index in [-0.39, 0.29) is 11.5 Å². The molecule has 0 amide bonds. The Balaban J connectivity index is 2.20. The summed E-state index contributed by atoms with van der Waals surface area (Å²) in [5, 5.41) is -0.00940. The van der Waals surface area contributed by atoms with Crippen molar-refractivity contribution in [2.45, 2.75) is 51.2 Å². The zero-order valence-corrected chi connectivity index (χ0v) is 10.9. The highest BCUT2D eigenvalue weighted by Gasteiger charge is 2.29. The number of halogens is 1. The van der Waals surface area contributed by atoms with Crippen molar-refractivity contribution in [2.24, 2.45) is 0 Å². The highest BCUT2D eigenvalue weighted by atomic mass is 35.5. The summed E-state index contributed by atoms with van der Waals surface area (Å²) in [4.78, 5) is 0. The Kier molecular flexibility index (Phi) is 3.56. The van der Waals surface area contributed by atoms with Crippen LogP contribution >= 0.6 is 11.6 Å². The summed E-state index contributed by atoms with van der Waals surface area (Å²) in [7, 11) is 0. The predicted octanol–water partition coefficient (Wildman–Crippen LogP) is 4.15. The minimum Gasteiger partial charge on any atom is -0.373 e. The Hall–Kier alpha value is -0.530. The average Bonchev–Trinajstić information content (AvgIpc) is 2.67. The number of rotatable bonds is 2. The van der Waals surface area contributed by atoms with Crippen molar-refractivity contribution in [2.75, 3.05) is 0 Å². The number of hydrogen-bond acceptors (Lipinski definition) is 1. The molecule has 1 saturated heterocycles. The van der Waals surface area contributed by atoms with Crippen LogP contribution in [0.4, 0.5) is 0 Å². The van der Waals surface area contributed by atoms with Crippen LogP contribution < -0.4 is 0 Å². The molecule has 1 fully saturated rings. The maximum atomic E-state index is 6.53. The van der Waals surface area contributed by atoms with E-state index in [2.05, 4.69) is 39.0 Å². The molecule has 0 spiro atoms. The van der Waals surface area contributed by atoms with Gasteiger partial charge in [0.2, 0.25) is 0 Å². The fourth-order valence-electron chi connectivity index (χ4n) is 2.31. The quantitative estimate of drug-likeness (QED) is 0.704. The molecule has 0 radical (unpaired) electrons. The lowest BCUT2D eigenvalue weighted by Crippen LogP contribution is -2.15. The summed E-state index contributed by atoms with van der Waals surface area (Å²) in [5.41, 5.74) is 3.74. The molecule has 0 aromatic heterocycles. The van der Waals surface area contributed by atoms with Crippen LogP contribution in [0.2, 0.25) is 0 Å². The Labute approximate surface area is 103 Å². The third-order valence-electron chi connectivity index (χ3n) is 3.32. The molecule has 3 unspecified atom stereocenters. The summed E-state index contributed by atoms with van der Waals surface area (Å²) in [6.07, 6.45) is 2.73. The lowest BCUT2D eigenvalue weighted by atomic mass is 9.98. The summed E-state index contributed by atoms with van der Waals surface area (Å²) in [6, 6.07) is 6.44. The van der Waals surface area contributed by atoms with E-state index in [1.165, 1.54) is 16.7 Å². The van der Waals surface area contributed by atoms with Gasteiger partial charge in [-0.1, -0.05) is 23.8 Å². The number of alkyl halides is 1. The molecule has 1 aliphatic rings. The molecule has 3 atom stereocenters. The first kappa shape index (κ1) is 11.9. The minimum atomic E-state index is -0.00940. The van der Waals surface area contributed by atoms with E-state index in [0.717, 1.165) is 12.8 Å². The maximum absolute atomic E-state index is 6.53. The fourth-order valence-corrected chi connectivity index (χ4v) is 2.73. The van der Waals surface area contributed by atoms with Gasteiger partial charge in [-0.15, -0.1) is 11.6 Å². The largest absolute Gasteiger partial charge is 0.373 e. The van der Waals surface area contributed by atoms with Crippen LogP contribution in [0.5, 0.6) is 0 Å². The van der Waals surface area contributed by atoms with Gasteiger partial charge in [-0.3, -0.25) is 0 Å². The maximum Gasteiger partial charge on any atom is 0.0850 e. The normalized spacial score (nSPS) is 27.0. The van der Waals surface area contributed by atoms with Gasteiger partial charge < -0.3 is 4.74 Å². The SMILES string of the molecule is Cc1ccc(C)c(C(Cl)C2CCC(C)O2)c1. The zero-order valence-electron chi connectivity index (χ0n) is 10.2. The lowest BCUT2D eigenvalue weighted by Gasteiger charge is -2.20. The van der Waals surface area contributed by atoms with Crippen molar-refractivity contribution >= 4 is 11.6 Å². The second kappa shape index (κ2) is 4.77. The molecule has 1 nitrogen and oxygen atoms in total. The molecule has 2 rings (SSSR count). The van der Waals surface area contributed by atoms with Gasteiger partial charge in [0.05, 0.1) is 17.6 Å². The molecule has 0 bridgehead atoms. The van der Waals surface area contributed by atoms with Crippen molar-refractivity contribution in [3.05, 3.63) is 34.9 Å². The standard InChI is InChI=1S/C14H19ClO/c1-9-4-5-10(2)12(8-9)14(15)13-7-6-11(3)16-13/h4-5,8,11,13-14H,6-7H2,1-3H3. The highest BCUT2D eigenvalue weighted by Crippen LogP contribution is 2.36. The fraction of sp³-hybridized carbons (Fsp3) is 0.571. The van der Waals surface area contributed by atoms with Crippen molar-refractivity contribution in [1.82, 2.24) is 0 Å². The van der Waals surface area contributed by atoms with Crippen LogP contribution in [-0.2, 0) is 4.74 Å². The number of aryl methyl sites for hydroxylation is 2. The van der Waals surface area contributed by atoms with Gasteiger partial charge in [-0.2, -0.15) is 0 Å². The van der Waals surface area contributed by atoms with Crippen LogP contribution in [0.3, 0.4) is 0 Å². The molecule has 1 heterocycles. The Morgan fingerprint density at radius 3 is 2.69 bits per heavy atom. The van der Waals surface area contributed by atoms with Crippen LogP contribution in [0.15, 0.2) is 18.2 Å². The van der Waals surface area contributed by atoms with Crippen molar-refractivity contribution < 1.29 is 4.74 Å². The van der Waals surface area contributed by atoms with Gasteiger partial charge in [0.25, 0.3) is 0 Å². The first-order valence-corrected chi connectivity index (χ1v) is 6.38. The smallest absolute Gasteiger partial charge is 0.0850 e. The molecule has 1 aliphatic heterocycles. The van der Waals surface area contributed by atoms with E-state index in [1.54, 1.807) is 0 Å². The average molecular weight is 239 g/mol. The summed E-state index contributed by atoms with van der Waals surface area (Å²) in [5.74, 6) is 0. The highest BCUT2D eigenvalue weighted by molar-refractivity contribution is 6.21. The van der Waals surface area contributed by atoms with Crippen LogP contribution in [0.1, 0.15) is 41.8 Å². The monoisotopic (exact) mass is 238 g/mol. The minimum absolute atomic E-state index is 0.00940. The van der Waals surface area contributed by atoms with E-state index in [9.17, 15) is 0 Å². The van der Waals surface area contributed by atoms with Gasteiger partial charge in [-0.05, 0) is 44.7 Å². The van der Waals surface area contributed by atoms with E-state index >= 15 is 0 Å². The summed E-state index contributed by atoms with van der Waals surface area (Å²) < 4.78 is 5.84. The van der Waals surface area contributed by atoms with Crippen LogP contribution in [0, 0.1) is 13.8 Å². The Morgan fingerprint density at radius 2 is 2.06 bits per heavy atom. The first-order chi connectivity index (χ1) is 7.58. The van der Waals surface area contributed by atoms with E-state index in [4.69, 9.17) is 16.3 Å². The van der Waals surface area contributed by atoms with Crippen molar-refractivity contribution in [3.63, 3.8) is 0 Å². The van der Waals surface area contributed by atoms with Crippen molar-refractivity contribution in [1.29, 1.82) is 0 Å². The zero-order chi connectivity index (χ0) is 11.7. The van der Waals surface area contributed by atoms with Crippen LogP contribution in [0.25, 0.3) is 0 Å².